The second-order valence-corrected chi connectivity index (χ2v) is 25.6. The lowest BCUT2D eigenvalue weighted by atomic mass is 9.99. The molecule has 0 saturated heterocycles. The van der Waals surface area contributed by atoms with Crippen LogP contribution in [0.5, 0.6) is 0 Å². The maximum Gasteiger partial charge on any atom is 0.120 e. The Bertz CT molecular complexity index is 2920. The molecular formula is C60H66N2S2Si. The first-order chi connectivity index (χ1) is 31.6. The van der Waals surface area contributed by atoms with Gasteiger partial charge in [-0.25, -0.2) is 9.97 Å². The van der Waals surface area contributed by atoms with Gasteiger partial charge in [0, 0.05) is 41.8 Å². The molecule has 0 amide bonds. The van der Waals surface area contributed by atoms with E-state index in [1.807, 2.05) is 22.7 Å². The number of aryl methyl sites for hydroxylation is 4. The molecule has 332 valence electrons. The van der Waals surface area contributed by atoms with E-state index < -0.39 is 8.07 Å². The van der Waals surface area contributed by atoms with Gasteiger partial charge in [-0.3, -0.25) is 0 Å². The number of benzene rings is 5. The number of nitrogens with zero attached hydrogens (tertiary/aromatic N) is 2. The number of thiophene rings is 2. The van der Waals surface area contributed by atoms with E-state index in [1.54, 1.807) is 10.4 Å². The minimum Gasteiger partial charge on any atom is -0.243 e. The Morgan fingerprint density at radius 3 is 1.40 bits per heavy atom. The van der Waals surface area contributed by atoms with Crippen LogP contribution >= 0.6 is 22.7 Å². The van der Waals surface area contributed by atoms with Crippen LogP contribution in [-0.4, -0.2) is 18.0 Å². The lowest BCUT2D eigenvalue weighted by Crippen LogP contribution is -2.57. The van der Waals surface area contributed by atoms with E-state index >= 15 is 0 Å². The van der Waals surface area contributed by atoms with E-state index in [-0.39, 0.29) is 0 Å². The van der Waals surface area contributed by atoms with Gasteiger partial charge in [-0.15, -0.1) is 22.7 Å². The molecule has 0 N–H and O–H groups in total. The highest BCUT2D eigenvalue weighted by Crippen LogP contribution is 2.45. The third-order valence-corrected chi connectivity index (χ3v) is 22.2. The minimum absolute atomic E-state index is 0.758. The topological polar surface area (TPSA) is 25.8 Å². The van der Waals surface area contributed by atoms with Crippen LogP contribution in [0.3, 0.4) is 0 Å². The molecule has 9 rings (SSSR count). The molecule has 0 fully saturated rings. The number of aromatic nitrogens is 2. The zero-order valence-electron chi connectivity index (χ0n) is 40.0. The Labute approximate surface area is 398 Å². The normalized spacial score (nSPS) is 15.3. The third-order valence-electron chi connectivity index (χ3n) is 14.5. The summed E-state index contributed by atoms with van der Waals surface area (Å²) in [6, 6.07) is 49.1. The van der Waals surface area contributed by atoms with Crippen molar-refractivity contribution in [3.8, 4) is 65.0 Å². The molecule has 0 radical (unpaired) electrons. The lowest BCUT2D eigenvalue weighted by Gasteiger charge is -2.37. The van der Waals surface area contributed by atoms with Gasteiger partial charge in [-0.05, 0) is 103 Å². The molecule has 2 atom stereocenters. The van der Waals surface area contributed by atoms with Crippen molar-refractivity contribution in [1.82, 2.24) is 9.97 Å². The highest BCUT2D eigenvalue weighted by Gasteiger charge is 2.47. The van der Waals surface area contributed by atoms with Gasteiger partial charge < -0.3 is 0 Å². The average molecular weight is 907 g/mol. The maximum absolute atomic E-state index is 5.69. The quantitative estimate of drug-likeness (QED) is 0.0851. The zero-order valence-corrected chi connectivity index (χ0v) is 42.6. The number of fused-ring (bicyclic) bond motifs is 4. The molecule has 65 heavy (non-hydrogen) atoms. The Morgan fingerprint density at radius 2 is 0.892 bits per heavy atom. The first-order valence-electron chi connectivity index (χ1n) is 24.5. The lowest BCUT2D eigenvalue weighted by molar-refractivity contribution is 0.469. The van der Waals surface area contributed by atoms with Crippen LogP contribution in [0.2, 0.25) is 12.1 Å². The molecule has 0 aliphatic carbocycles. The molecule has 1 aliphatic heterocycles. The molecular weight excluding hydrogens is 841 g/mol. The summed E-state index contributed by atoms with van der Waals surface area (Å²) in [6.45, 7) is 18.4. The van der Waals surface area contributed by atoms with Crippen molar-refractivity contribution in [3.63, 3.8) is 0 Å². The van der Waals surface area contributed by atoms with E-state index in [1.165, 1.54) is 116 Å². The zero-order chi connectivity index (χ0) is 45.2. The molecule has 1 aliphatic rings. The fraction of sp³-hybridized carbons (Fsp3) is 0.333. The highest BCUT2D eigenvalue weighted by atomic mass is 32.1. The number of unbranched alkanes of at least 4 members (excludes halogenated alkanes) is 2. The minimum atomic E-state index is -2.16. The fourth-order valence-electron chi connectivity index (χ4n) is 10.7. The summed E-state index contributed by atoms with van der Waals surface area (Å²) in [5.74, 6) is 1.52. The van der Waals surface area contributed by atoms with Crippen molar-refractivity contribution in [3.05, 3.63) is 143 Å². The SMILES string of the molecule is CCCCC(CC)C[Si]1(CC(CC)CCCC)c2cc(C)ccc2-c2ccc(-c3ccc(-c4ccc(-c5ccc(C)s5)c5nc(-c6ccc(C)cc6)c(-c6ccc(C)cc6)nc45)s3)cc21. The van der Waals surface area contributed by atoms with Crippen molar-refractivity contribution < 1.29 is 0 Å². The second kappa shape index (κ2) is 19.5. The molecule has 0 bridgehead atoms. The second-order valence-electron chi connectivity index (χ2n) is 19.2. The molecule has 3 aromatic heterocycles. The van der Waals surface area contributed by atoms with Crippen LogP contribution in [0.25, 0.3) is 76.0 Å². The summed E-state index contributed by atoms with van der Waals surface area (Å²) in [5, 5.41) is 3.43. The van der Waals surface area contributed by atoms with E-state index in [0.717, 1.165) is 56.5 Å². The molecule has 0 saturated carbocycles. The molecule has 0 spiro atoms. The number of hydrogen-bond donors (Lipinski definition) is 0. The summed E-state index contributed by atoms with van der Waals surface area (Å²) in [6.07, 6.45) is 10.4. The first kappa shape index (κ1) is 45.2. The van der Waals surface area contributed by atoms with Crippen LogP contribution in [0, 0.1) is 39.5 Å². The van der Waals surface area contributed by atoms with Crippen LogP contribution in [0.1, 0.15) is 101 Å². The molecule has 5 heteroatoms. The molecule has 2 nitrogen and oxygen atoms in total. The smallest absolute Gasteiger partial charge is 0.120 e. The first-order valence-corrected chi connectivity index (χ1v) is 28.6. The van der Waals surface area contributed by atoms with Crippen LogP contribution in [-0.2, 0) is 0 Å². The van der Waals surface area contributed by atoms with Crippen LogP contribution in [0.15, 0.2) is 121 Å². The maximum atomic E-state index is 5.69. The summed E-state index contributed by atoms with van der Waals surface area (Å²) in [4.78, 5) is 16.4. The summed E-state index contributed by atoms with van der Waals surface area (Å²) in [7, 11) is -2.16. The Morgan fingerprint density at radius 1 is 0.446 bits per heavy atom. The molecule has 8 aromatic rings. The van der Waals surface area contributed by atoms with E-state index in [9.17, 15) is 0 Å². The van der Waals surface area contributed by atoms with E-state index in [0.29, 0.717) is 0 Å². The summed E-state index contributed by atoms with van der Waals surface area (Å²) in [5.41, 5.74) is 16.4. The van der Waals surface area contributed by atoms with Gasteiger partial charge in [0.15, 0.2) is 0 Å². The Balaban J connectivity index is 1.21. The predicted octanol–water partition coefficient (Wildman–Crippen LogP) is 17.3. The Hall–Kier alpha value is -4.94. The van der Waals surface area contributed by atoms with Crippen molar-refractivity contribution in [1.29, 1.82) is 0 Å². The predicted molar refractivity (Wildman–Crippen MR) is 288 cm³/mol. The van der Waals surface area contributed by atoms with Crippen LogP contribution in [0.4, 0.5) is 0 Å². The summed E-state index contributed by atoms with van der Waals surface area (Å²) >= 11 is 3.73. The fourth-order valence-corrected chi connectivity index (χ4v) is 19.4. The van der Waals surface area contributed by atoms with Crippen molar-refractivity contribution in [2.24, 2.45) is 11.8 Å². The summed E-state index contributed by atoms with van der Waals surface area (Å²) < 4.78 is 0. The van der Waals surface area contributed by atoms with Gasteiger partial charge >= 0.3 is 0 Å². The van der Waals surface area contributed by atoms with Gasteiger partial charge in [0.1, 0.15) is 8.07 Å². The van der Waals surface area contributed by atoms with Gasteiger partial charge in [0.25, 0.3) is 0 Å². The van der Waals surface area contributed by atoms with Crippen molar-refractivity contribution >= 4 is 52.2 Å². The average Bonchev–Trinajstić information content (AvgIpc) is 4.06. The van der Waals surface area contributed by atoms with Crippen molar-refractivity contribution in [2.45, 2.75) is 119 Å². The molecule has 4 heterocycles. The van der Waals surface area contributed by atoms with E-state index in [2.05, 4.69) is 177 Å². The third kappa shape index (κ3) is 9.01. The van der Waals surface area contributed by atoms with Gasteiger partial charge in [0.2, 0.25) is 0 Å². The highest BCUT2D eigenvalue weighted by molar-refractivity contribution is 7.19. The van der Waals surface area contributed by atoms with Gasteiger partial charge in [-0.2, -0.15) is 0 Å². The van der Waals surface area contributed by atoms with Gasteiger partial charge in [0.05, 0.1) is 22.4 Å². The standard InChI is InChI=1S/C60H66N2S2Si/c1-9-13-15-43(11-3)37-65(38-44(12-4)16-14-10-2)55-35-41(7)21-28-48(55)49-29-27-47(36-56(49)65)52-33-34-54(64-52)51-31-30-50(53-32-22-42(8)63-53)59-60(51)62-58(46-25-19-40(6)20-26-46)57(61-59)45-23-17-39(5)18-24-45/h17-36,43-44H,9-16,37-38H2,1-8H3. The van der Waals surface area contributed by atoms with Gasteiger partial charge in [-0.1, -0.05) is 193 Å². The number of hydrogen-bond acceptors (Lipinski definition) is 4. The number of rotatable bonds is 17. The Kier molecular flexibility index (Phi) is 13.6. The largest absolute Gasteiger partial charge is 0.243 e. The monoisotopic (exact) mass is 906 g/mol. The van der Waals surface area contributed by atoms with E-state index in [4.69, 9.17) is 9.97 Å². The van der Waals surface area contributed by atoms with Crippen LogP contribution < -0.4 is 10.4 Å². The van der Waals surface area contributed by atoms with Crippen molar-refractivity contribution in [2.75, 3.05) is 0 Å². The molecule has 5 aromatic carbocycles. The molecule has 2 unspecified atom stereocenters.